The van der Waals surface area contributed by atoms with Crippen LogP contribution in [0, 0.1) is 6.92 Å². The highest BCUT2D eigenvalue weighted by Gasteiger charge is 2.05. The van der Waals surface area contributed by atoms with Crippen molar-refractivity contribution in [2.45, 2.75) is 39.0 Å². The molecule has 0 radical (unpaired) electrons. The van der Waals surface area contributed by atoms with Gasteiger partial charge in [-0.3, -0.25) is 0 Å². The smallest absolute Gasteiger partial charge is 0.244 e. The van der Waals surface area contributed by atoms with Crippen LogP contribution >= 0.6 is 0 Å². The predicted octanol–water partition coefficient (Wildman–Crippen LogP) is 4.23. The molecule has 0 fully saturated rings. The summed E-state index contributed by atoms with van der Waals surface area (Å²) in [6, 6.07) is 8.18. The van der Waals surface area contributed by atoms with Gasteiger partial charge in [0.15, 0.2) is 5.82 Å². The van der Waals surface area contributed by atoms with Crippen LogP contribution in [0.1, 0.15) is 37.7 Å². The van der Waals surface area contributed by atoms with Crippen LogP contribution in [0.4, 0.5) is 17.5 Å². The lowest BCUT2D eigenvalue weighted by atomic mass is 9.97. The SMILES string of the molecule is Cc1ccc(Nc2cnnc(NCCC3=CCCCC3)n2)cc1. The van der Waals surface area contributed by atoms with Gasteiger partial charge in [0.2, 0.25) is 5.95 Å². The lowest BCUT2D eigenvalue weighted by Crippen LogP contribution is -2.09. The summed E-state index contributed by atoms with van der Waals surface area (Å²) in [6.07, 6.45) is 10.2. The van der Waals surface area contributed by atoms with Gasteiger partial charge >= 0.3 is 0 Å². The fraction of sp³-hybridized carbons (Fsp3) is 0.389. The minimum atomic E-state index is 0.568. The lowest BCUT2D eigenvalue weighted by molar-refractivity contribution is 0.679. The first kappa shape index (κ1) is 15.5. The summed E-state index contributed by atoms with van der Waals surface area (Å²) in [7, 11) is 0. The molecule has 5 nitrogen and oxygen atoms in total. The Labute approximate surface area is 137 Å². The van der Waals surface area contributed by atoms with E-state index < -0.39 is 0 Å². The normalized spacial score (nSPS) is 14.2. The molecule has 120 valence electrons. The maximum Gasteiger partial charge on any atom is 0.244 e. The number of aromatic nitrogens is 3. The van der Waals surface area contributed by atoms with E-state index in [0.717, 1.165) is 18.7 Å². The van der Waals surface area contributed by atoms with Crippen molar-refractivity contribution in [3.8, 4) is 0 Å². The molecule has 0 aliphatic heterocycles. The van der Waals surface area contributed by atoms with E-state index >= 15 is 0 Å². The molecule has 23 heavy (non-hydrogen) atoms. The zero-order chi connectivity index (χ0) is 15.9. The average Bonchev–Trinajstić information content (AvgIpc) is 2.58. The topological polar surface area (TPSA) is 62.7 Å². The van der Waals surface area contributed by atoms with Crippen LogP contribution in [0.15, 0.2) is 42.1 Å². The number of aryl methyl sites for hydroxylation is 1. The van der Waals surface area contributed by atoms with Crippen LogP contribution in [0.25, 0.3) is 0 Å². The first-order valence-electron chi connectivity index (χ1n) is 8.25. The predicted molar refractivity (Wildman–Crippen MR) is 93.9 cm³/mol. The molecule has 0 saturated heterocycles. The third-order valence-corrected chi connectivity index (χ3v) is 4.00. The second-order valence-electron chi connectivity index (χ2n) is 5.94. The number of anilines is 3. The summed E-state index contributed by atoms with van der Waals surface area (Å²) in [5.74, 6) is 1.27. The summed E-state index contributed by atoms with van der Waals surface area (Å²) in [4.78, 5) is 4.46. The molecule has 0 atom stereocenters. The highest BCUT2D eigenvalue weighted by atomic mass is 15.3. The zero-order valence-electron chi connectivity index (χ0n) is 13.5. The molecule has 0 amide bonds. The molecular weight excluding hydrogens is 286 g/mol. The molecule has 1 aliphatic rings. The Kier molecular flexibility index (Phi) is 5.19. The van der Waals surface area contributed by atoms with E-state index in [4.69, 9.17) is 0 Å². The number of allylic oxidation sites excluding steroid dienone is 1. The number of nitrogens with one attached hydrogen (secondary N) is 2. The van der Waals surface area contributed by atoms with E-state index in [2.05, 4.69) is 50.9 Å². The van der Waals surface area contributed by atoms with Crippen LogP contribution in [-0.4, -0.2) is 21.7 Å². The van der Waals surface area contributed by atoms with Gasteiger partial charge in [0, 0.05) is 12.2 Å². The summed E-state index contributed by atoms with van der Waals surface area (Å²) in [6.45, 7) is 2.92. The Morgan fingerprint density at radius 2 is 2.00 bits per heavy atom. The van der Waals surface area contributed by atoms with E-state index in [0.29, 0.717) is 11.8 Å². The number of hydrogen-bond donors (Lipinski definition) is 2. The van der Waals surface area contributed by atoms with Crippen molar-refractivity contribution in [1.29, 1.82) is 0 Å². The van der Waals surface area contributed by atoms with Crippen LogP contribution in [0.5, 0.6) is 0 Å². The number of benzene rings is 1. The molecule has 1 aromatic carbocycles. The first-order valence-corrected chi connectivity index (χ1v) is 8.25. The second-order valence-corrected chi connectivity index (χ2v) is 5.94. The highest BCUT2D eigenvalue weighted by Crippen LogP contribution is 2.20. The standard InChI is InChI=1S/C18H23N5/c1-14-7-9-16(10-8-14)21-17-13-20-23-18(22-17)19-12-11-15-5-3-2-4-6-15/h5,7-10,13H,2-4,6,11-12H2,1H3,(H2,19,21,22,23). The Bertz CT molecular complexity index is 663. The summed E-state index contributed by atoms with van der Waals surface area (Å²) in [5, 5.41) is 14.6. The zero-order valence-corrected chi connectivity index (χ0v) is 13.5. The molecule has 0 spiro atoms. The largest absolute Gasteiger partial charge is 0.353 e. The summed E-state index contributed by atoms with van der Waals surface area (Å²) in [5.41, 5.74) is 3.77. The first-order chi connectivity index (χ1) is 11.3. The Morgan fingerprint density at radius 3 is 2.78 bits per heavy atom. The molecule has 1 heterocycles. The molecule has 0 saturated carbocycles. The van der Waals surface area contributed by atoms with Crippen molar-refractivity contribution >= 4 is 17.5 Å². The maximum atomic E-state index is 4.46. The molecule has 3 rings (SSSR count). The maximum absolute atomic E-state index is 4.46. The van der Waals surface area contributed by atoms with E-state index in [-0.39, 0.29) is 0 Å². The molecule has 0 bridgehead atoms. The summed E-state index contributed by atoms with van der Waals surface area (Å²) < 4.78 is 0. The number of nitrogens with zero attached hydrogens (tertiary/aromatic N) is 3. The third kappa shape index (κ3) is 4.77. The molecular formula is C18H23N5. The molecule has 5 heteroatoms. The highest BCUT2D eigenvalue weighted by molar-refractivity contribution is 5.56. The fourth-order valence-corrected chi connectivity index (χ4v) is 2.69. The van der Waals surface area contributed by atoms with Crippen molar-refractivity contribution < 1.29 is 0 Å². The van der Waals surface area contributed by atoms with Crippen molar-refractivity contribution in [2.24, 2.45) is 0 Å². The van der Waals surface area contributed by atoms with Crippen molar-refractivity contribution in [3.63, 3.8) is 0 Å². The van der Waals surface area contributed by atoms with Gasteiger partial charge in [0.25, 0.3) is 0 Å². The van der Waals surface area contributed by atoms with Gasteiger partial charge in [-0.25, -0.2) is 0 Å². The van der Waals surface area contributed by atoms with Gasteiger partial charge in [-0.2, -0.15) is 10.1 Å². The average molecular weight is 309 g/mol. The van der Waals surface area contributed by atoms with E-state index in [1.54, 1.807) is 11.8 Å². The van der Waals surface area contributed by atoms with Crippen LogP contribution in [-0.2, 0) is 0 Å². The van der Waals surface area contributed by atoms with Gasteiger partial charge < -0.3 is 10.6 Å². The summed E-state index contributed by atoms with van der Waals surface area (Å²) >= 11 is 0. The molecule has 1 aromatic heterocycles. The van der Waals surface area contributed by atoms with Gasteiger partial charge in [-0.15, -0.1) is 5.10 Å². The van der Waals surface area contributed by atoms with Crippen molar-refractivity contribution in [1.82, 2.24) is 15.2 Å². The second kappa shape index (κ2) is 7.72. The third-order valence-electron chi connectivity index (χ3n) is 4.00. The van der Waals surface area contributed by atoms with E-state index in [9.17, 15) is 0 Å². The Hall–Kier alpha value is -2.43. The molecule has 2 N–H and O–H groups in total. The van der Waals surface area contributed by atoms with Crippen molar-refractivity contribution in [2.75, 3.05) is 17.2 Å². The quantitative estimate of drug-likeness (QED) is 0.782. The van der Waals surface area contributed by atoms with Gasteiger partial charge in [-0.05, 0) is 51.2 Å². The van der Waals surface area contributed by atoms with Crippen LogP contribution in [0.3, 0.4) is 0 Å². The molecule has 1 aliphatic carbocycles. The van der Waals surface area contributed by atoms with E-state index in [1.807, 2.05) is 12.1 Å². The van der Waals surface area contributed by atoms with Gasteiger partial charge in [-0.1, -0.05) is 29.3 Å². The van der Waals surface area contributed by atoms with Crippen LogP contribution < -0.4 is 10.6 Å². The Morgan fingerprint density at radius 1 is 1.13 bits per heavy atom. The minimum absolute atomic E-state index is 0.568. The van der Waals surface area contributed by atoms with E-state index in [1.165, 1.54) is 31.2 Å². The molecule has 0 unspecified atom stereocenters. The van der Waals surface area contributed by atoms with Crippen LogP contribution in [0.2, 0.25) is 0 Å². The number of rotatable bonds is 6. The lowest BCUT2D eigenvalue weighted by Gasteiger charge is -2.13. The fourth-order valence-electron chi connectivity index (χ4n) is 2.69. The van der Waals surface area contributed by atoms with Crippen molar-refractivity contribution in [3.05, 3.63) is 47.7 Å². The monoisotopic (exact) mass is 309 g/mol. The number of hydrogen-bond acceptors (Lipinski definition) is 5. The molecule has 2 aromatic rings. The van der Waals surface area contributed by atoms with Gasteiger partial charge in [0.1, 0.15) is 0 Å². The van der Waals surface area contributed by atoms with Gasteiger partial charge in [0.05, 0.1) is 6.20 Å². The Balaban J connectivity index is 1.54. The minimum Gasteiger partial charge on any atom is -0.353 e.